The number of anilines is 1. The Bertz CT molecular complexity index is 1140. The van der Waals surface area contributed by atoms with Crippen LogP contribution in [0.2, 0.25) is 5.02 Å². The molecule has 0 unspecified atom stereocenters. The number of nitrogens with one attached hydrogen (secondary N) is 1. The molecular formula is C21H15ClF3N3O3S. The summed E-state index contributed by atoms with van der Waals surface area (Å²) < 4.78 is 44.6. The Morgan fingerprint density at radius 2 is 1.78 bits per heavy atom. The Kier molecular flexibility index (Phi) is 7.37. The van der Waals surface area contributed by atoms with Crippen molar-refractivity contribution in [2.45, 2.75) is 11.3 Å². The summed E-state index contributed by atoms with van der Waals surface area (Å²) in [6.07, 6.45) is -4.69. The minimum atomic E-state index is -4.69. The van der Waals surface area contributed by atoms with Gasteiger partial charge in [0.1, 0.15) is 5.69 Å². The van der Waals surface area contributed by atoms with Crippen molar-refractivity contribution in [3.8, 4) is 11.3 Å². The van der Waals surface area contributed by atoms with E-state index in [0.29, 0.717) is 10.6 Å². The fourth-order valence-corrected chi connectivity index (χ4v) is 3.38. The molecule has 0 bridgehead atoms. The number of amides is 1. The number of ether oxygens (including phenoxy) is 1. The number of para-hydroxylation sites is 1. The average Bonchev–Trinajstić information content (AvgIpc) is 2.77. The smallest absolute Gasteiger partial charge is 0.433 e. The van der Waals surface area contributed by atoms with Crippen molar-refractivity contribution in [2.75, 3.05) is 18.2 Å². The molecule has 0 aliphatic heterocycles. The van der Waals surface area contributed by atoms with Crippen LogP contribution in [0.25, 0.3) is 11.3 Å². The van der Waals surface area contributed by atoms with Crippen LogP contribution < -0.4 is 5.32 Å². The SMILES string of the molecule is COC(=O)c1ccccc1NC(=O)CSc1nc(-c2ccc(Cl)cc2)cc(C(F)(F)F)n1. The maximum atomic E-state index is 13.3. The van der Waals surface area contributed by atoms with Gasteiger partial charge in [-0.25, -0.2) is 14.8 Å². The number of carbonyl (C=O) groups is 2. The fourth-order valence-electron chi connectivity index (χ4n) is 2.60. The number of methoxy groups -OCH3 is 1. The summed E-state index contributed by atoms with van der Waals surface area (Å²) in [6.45, 7) is 0. The lowest BCUT2D eigenvalue weighted by Crippen LogP contribution is -2.17. The Labute approximate surface area is 190 Å². The Hall–Kier alpha value is -3.11. The topological polar surface area (TPSA) is 81.2 Å². The first-order valence-corrected chi connectivity index (χ1v) is 10.4. The highest BCUT2D eigenvalue weighted by Crippen LogP contribution is 2.32. The van der Waals surface area contributed by atoms with E-state index in [1.54, 1.807) is 12.1 Å². The van der Waals surface area contributed by atoms with Gasteiger partial charge in [-0.05, 0) is 30.3 Å². The van der Waals surface area contributed by atoms with Crippen LogP contribution in [0, 0.1) is 0 Å². The lowest BCUT2D eigenvalue weighted by atomic mass is 10.1. The largest absolute Gasteiger partial charge is 0.465 e. The monoisotopic (exact) mass is 481 g/mol. The molecule has 32 heavy (non-hydrogen) atoms. The van der Waals surface area contributed by atoms with E-state index in [-0.39, 0.29) is 27.9 Å². The summed E-state index contributed by atoms with van der Waals surface area (Å²) in [6, 6.07) is 13.2. The van der Waals surface area contributed by atoms with Crippen LogP contribution in [0.4, 0.5) is 18.9 Å². The summed E-state index contributed by atoms with van der Waals surface area (Å²) in [7, 11) is 1.21. The van der Waals surface area contributed by atoms with Crippen LogP contribution >= 0.6 is 23.4 Å². The molecule has 0 saturated carbocycles. The molecule has 1 heterocycles. The number of halogens is 4. The summed E-state index contributed by atoms with van der Waals surface area (Å²) in [5.74, 6) is -1.47. The van der Waals surface area contributed by atoms with E-state index < -0.39 is 23.7 Å². The number of thioether (sulfide) groups is 1. The molecule has 3 rings (SSSR count). The van der Waals surface area contributed by atoms with Crippen molar-refractivity contribution in [1.82, 2.24) is 9.97 Å². The lowest BCUT2D eigenvalue weighted by Gasteiger charge is -2.11. The van der Waals surface area contributed by atoms with Crippen LogP contribution in [0.5, 0.6) is 0 Å². The molecule has 1 aromatic heterocycles. The van der Waals surface area contributed by atoms with E-state index in [1.165, 1.54) is 43.5 Å². The highest BCUT2D eigenvalue weighted by atomic mass is 35.5. The predicted molar refractivity (Wildman–Crippen MR) is 115 cm³/mol. The van der Waals surface area contributed by atoms with Gasteiger partial charge in [0, 0.05) is 10.6 Å². The second kappa shape index (κ2) is 10.0. The third-order valence-corrected chi connectivity index (χ3v) is 5.17. The molecule has 2 aromatic carbocycles. The number of nitrogens with zero attached hydrogens (tertiary/aromatic N) is 2. The molecule has 0 spiro atoms. The molecule has 11 heteroatoms. The second-order valence-electron chi connectivity index (χ2n) is 6.30. The van der Waals surface area contributed by atoms with Crippen molar-refractivity contribution >= 4 is 40.9 Å². The third-order valence-electron chi connectivity index (χ3n) is 4.07. The van der Waals surface area contributed by atoms with Gasteiger partial charge in [0.15, 0.2) is 5.16 Å². The lowest BCUT2D eigenvalue weighted by molar-refractivity contribution is -0.141. The van der Waals surface area contributed by atoms with E-state index in [0.717, 1.165) is 17.8 Å². The fraction of sp³-hybridized carbons (Fsp3) is 0.143. The van der Waals surface area contributed by atoms with Gasteiger partial charge in [0.05, 0.1) is 29.8 Å². The molecule has 6 nitrogen and oxygen atoms in total. The Morgan fingerprint density at radius 3 is 2.44 bits per heavy atom. The number of aromatic nitrogens is 2. The zero-order chi connectivity index (χ0) is 23.3. The molecule has 0 saturated heterocycles. The first kappa shape index (κ1) is 23.6. The zero-order valence-corrected chi connectivity index (χ0v) is 18.0. The summed E-state index contributed by atoms with van der Waals surface area (Å²) >= 11 is 6.57. The normalized spacial score (nSPS) is 11.2. The maximum Gasteiger partial charge on any atom is 0.433 e. The average molecular weight is 482 g/mol. The van der Waals surface area contributed by atoms with Crippen molar-refractivity contribution in [2.24, 2.45) is 0 Å². The zero-order valence-electron chi connectivity index (χ0n) is 16.4. The van der Waals surface area contributed by atoms with Crippen molar-refractivity contribution in [1.29, 1.82) is 0 Å². The molecule has 0 aliphatic carbocycles. The molecule has 0 fully saturated rings. The molecule has 0 radical (unpaired) electrons. The Morgan fingerprint density at radius 1 is 1.09 bits per heavy atom. The standard InChI is InChI=1S/C21H15ClF3N3O3S/c1-31-19(30)14-4-2-3-5-15(14)26-18(29)11-32-20-27-16(10-17(28-20)21(23,24)25)12-6-8-13(22)9-7-12/h2-10H,11H2,1H3,(H,26,29). The van der Waals surface area contributed by atoms with Crippen molar-refractivity contribution in [3.05, 3.63) is 70.9 Å². The number of benzene rings is 2. The first-order chi connectivity index (χ1) is 15.2. The maximum absolute atomic E-state index is 13.3. The van der Waals surface area contributed by atoms with Crippen LogP contribution in [0.3, 0.4) is 0 Å². The van der Waals surface area contributed by atoms with Gasteiger partial charge in [0.2, 0.25) is 5.91 Å². The van der Waals surface area contributed by atoms with Crippen LogP contribution in [0.15, 0.2) is 59.8 Å². The number of rotatable bonds is 6. The molecule has 3 aromatic rings. The summed E-state index contributed by atoms with van der Waals surface area (Å²) in [4.78, 5) is 31.8. The highest BCUT2D eigenvalue weighted by Gasteiger charge is 2.34. The van der Waals surface area contributed by atoms with E-state index in [9.17, 15) is 22.8 Å². The van der Waals surface area contributed by atoms with Gasteiger partial charge in [-0.2, -0.15) is 13.2 Å². The minimum Gasteiger partial charge on any atom is -0.465 e. The molecule has 0 atom stereocenters. The van der Waals surface area contributed by atoms with E-state index in [2.05, 4.69) is 20.0 Å². The first-order valence-electron chi connectivity index (χ1n) is 8.99. The Balaban J connectivity index is 1.80. The van der Waals surface area contributed by atoms with E-state index >= 15 is 0 Å². The predicted octanol–water partition coefficient (Wildman–Crippen LogP) is 5.33. The van der Waals surface area contributed by atoms with Gasteiger partial charge in [0.25, 0.3) is 0 Å². The van der Waals surface area contributed by atoms with Gasteiger partial charge in [-0.15, -0.1) is 0 Å². The molecule has 0 aliphatic rings. The molecule has 1 amide bonds. The number of alkyl halides is 3. The second-order valence-corrected chi connectivity index (χ2v) is 7.68. The van der Waals surface area contributed by atoms with Crippen molar-refractivity contribution in [3.63, 3.8) is 0 Å². The van der Waals surface area contributed by atoms with E-state index in [4.69, 9.17) is 11.6 Å². The third kappa shape index (κ3) is 5.98. The number of hydrogen-bond acceptors (Lipinski definition) is 6. The van der Waals surface area contributed by atoms with Gasteiger partial charge >= 0.3 is 12.1 Å². The quantitative estimate of drug-likeness (QED) is 0.291. The summed E-state index contributed by atoms with van der Waals surface area (Å²) in [5.41, 5.74) is -0.301. The van der Waals surface area contributed by atoms with Gasteiger partial charge in [-0.3, -0.25) is 4.79 Å². The van der Waals surface area contributed by atoms with Crippen LogP contribution in [-0.2, 0) is 15.7 Å². The minimum absolute atomic E-state index is 0.0444. The molecule has 1 N–H and O–H groups in total. The number of carbonyl (C=O) groups excluding carboxylic acids is 2. The summed E-state index contributed by atoms with van der Waals surface area (Å²) in [5, 5.41) is 2.75. The van der Waals surface area contributed by atoms with Crippen LogP contribution in [0.1, 0.15) is 16.1 Å². The van der Waals surface area contributed by atoms with Crippen LogP contribution in [-0.4, -0.2) is 34.7 Å². The number of hydrogen-bond donors (Lipinski definition) is 1. The number of esters is 1. The van der Waals surface area contributed by atoms with Crippen molar-refractivity contribution < 1.29 is 27.5 Å². The van der Waals surface area contributed by atoms with E-state index in [1.807, 2.05) is 0 Å². The molecule has 166 valence electrons. The van der Waals surface area contributed by atoms with Gasteiger partial charge < -0.3 is 10.1 Å². The molecular weight excluding hydrogens is 467 g/mol. The highest BCUT2D eigenvalue weighted by molar-refractivity contribution is 7.99. The van der Waals surface area contributed by atoms with Gasteiger partial charge in [-0.1, -0.05) is 47.6 Å².